The molecule has 3 saturated carbocycles. The predicted octanol–water partition coefficient (Wildman–Crippen LogP) is 3.30. The van der Waals surface area contributed by atoms with Gasteiger partial charge in [0.05, 0.1) is 0 Å². The van der Waals surface area contributed by atoms with E-state index < -0.39 is 0 Å². The molecule has 2 saturated heterocycles. The van der Waals surface area contributed by atoms with Crippen molar-refractivity contribution in [3.05, 3.63) is 63.6 Å². The van der Waals surface area contributed by atoms with Crippen molar-refractivity contribution < 1.29 is 9.90 Å². The lowest BCUT2D eigenvalue weighted by Gasteiger charge is -2.66. The quantitative estimate of drug-likeness (QED) is 0.720. The number of phenols is 1. The molecule has 1 aromatic heterocycles. The third-order valence-corrected chi connectivity index (χ3v) is 11.1. The number of fused-ring (bicyclic) bond motifs is 1. The maximum Gasteiger partial charge on any atom is 0.259 e. The molecule has 6 nitrogen and oxygen atoms in total. The van der Waals surface area contributed by atoms with Crippen LogP contribution >= 0.6 is 0 Å². The summed E-state index contributed by atoms with van der Waals surface area (Å²) in [6.07, 6.45) is 11.5. The van der Waals surface area contributed by atoms with Gasteiger partial charge >= 0.3 is 0 Å². The first-order valence-corrected chi connectivity index (χ1v) is 13.6. The molecule has 3 heterocycles. The highest BCUT2D eigenvalue weighted by Gasteiger charge is 2.76. The van der Waals surface area contributed by atoms with Crippen LogP contribution in [0.2, 0.25) is 0 Å². The number of nitrogens with one attached hydrogen (secondary N) is 1. The van der Waals surface area contributed by atoms with E-state index in [2.05, 4.69) is 26.9 Å². The zero-order valence-corrected chi connectivity index (χ0v) is 20.1. The van der Waals surface area contributed by atoms with Crippen LogP contribution in [0.25, 0.3) is 0 Å². The minimum atomic E-state index is -0.199. The smallest absolute Gasteiger partial charge is 0.259 e. The number of benzene rings is 1. The largest absolute Gasteiger partial charge is 0.508 e. The molecule has 35 heavy (non-hydrogen) atoms. The summed E-state index contributed by atoms with van der Waals surface area (Å²) >= 11 is 0. The second-order valence-electron chi connectivity index (χ2n) is 12.4. The third kappa shape index (κ3) is 2.49. The first-order chi connectivity index (χ1) is 17.0. The average molecular weight is 472 g/mol. The van der Waals surface area contributed by atoms with Crippen molar-refractivity contribution in [3.8, 4) is 5.75 Å². The molecular weight excluding hydrogens is 438 g/mol. The number of H-pyrrole nitrogens is 1. The number of pyridine rings is 1. The number of rotatable bonds is 3. The number of aromatic amines is 1. The maximum atomic E-state index is 13.7. The zero-order valence-electron chi connectivity index (χ0n) is 20.1. The molecule has 6 aliphatic rings. The molecule has 2 N–H and O–H groups in total. The van der Waals surface area contributed by atoms with Gasteiger partial charge in [0.2, 0.25) is 0 Å². The van der Waals surface area contributed by atoms with Gasteiger partial charge in [-0.2, -0.15) is 0 Å². The van der Waals surface area contributed by atoms with Gasteiger partial charge in [-0.05, 0) is 97.9 Å². The van der Waals surface area contributed by atoms with Crippen LogP contribution in [0.15, 0.2) is 41.5 Å². The fourth-order valence-electron chi connectivity index (χ4n) is 9.92. The molecule has 2 aliphatic heterocycles. The number of hydrogen-bond donors (Lipinski definition) is 2. The molecule has 0 spiro atoms. The summed E-state index contributed by atoms with van der Waals surface area (Å²) in [4.78, 5) is 34.0. The highest BCUT2D eigenvalue weighted by atomic mass is 16.3. The Hall–Kier alpha value is -2.60. The summed E-state index contributed by atoms with van der Waals surface area (Å²) < 4.78 is 0. The highest BCUT2D eigenvalue weighted by Crippen LogP contribution is 2.75. The summed E-state index contributed by atoms with van der Waals surface area (Å²) in [5.41, 5.74) is 3.12. The second-order valence-corrected chi connectivity index (χ2v) is 12.4. The number of amides is 1. The Bertz CT molecular complexity index is 1300. The van der Waals surface area contributed by atoms with E-state index in [9.17, 15) is 14.7 Å². The molecule has 0 radical (unpaired) electrons. The van der Waals surface area contributed by atoms with Gasteiger partial charge in [-0.1, -0.05) is 6.07 Å². The molecule has 5 fully saturated rings. The van der Waals surface area contributed by atoms with Gasteiger partial charge in [-0.3, -0.25) is 14.5 Å². The number of aromatic nitrogens is 1. The first-order valence-electron chi connectivity index (χ1n) is 13.6. The van der Waals surface area contributed by atoms with Crippen molar-refractivity contribution in [2.24, 2.45) is 23.2 Å². The maximum absolute atomic E-state index is 13.7. The van der Waals surface area contributed by atoms with Crippen molar-refractivity contribution in [1.29, 1.82) is 0 Å². The van der Waals surface area contributed by atoms with E-state index in [-0.39, 0.29) is 33.8 Å². The molecule has 4 bridgehead atoms. The molecule has 4 aliphatic carbocycles. The number of carbonyl (C=O) groups excluding carboxylic acids is 1. The van der Waals surface area contributed by atoms with E-state index in [1.165, 1.54) is 43.0 Å². The van der Waals surface area contributed by atoms with Gasteiger partial charge in [-0.25, -0.2) is 0 Å². The van der Waals surface area contributed by atoms with Crippen LogP contribution < -0.4 is 5.43 Å². The topological polar surface area (TPSA) is 76.6 Å². The van der Waals surface area contributed by atoms with Crippen molar-refractivity contribution in [1.82, 2.24) is 14.8 Å². The SMILES string of the molecule is O=C(c1c[nH]ccc1=O)N1C[C@H]2CC34CCC1C2C31CCN(CC2CC2)C4Cc2ccc(O)cc21. The second kappa shape index (κ2) is 6.78. The van der Waals surface area contributed by atoms with Crippen molar-refractivity contribution in [3.63, 3.8) is 0 Å². The minimum Gasteiger partial charge on any atom is -0.508 e. The van der Waals surface area contributed by atoms with E-state index in [4.69, 9.17) is 0 Å². The van der Waals surface area contributed by atoms with Gasteiger partial charge in [0, 0.05) is 49.0 Å². The number of piperidine rings is 1. The summed E-state index contributed by atoms with van der Waals surface area (Å²) in [5.74, 6) is 2.02. The van der Waals surface area contributed by atoms with Gasteiger partial charge in [0.1, 0.15) is 11.3 Å². The van der Waals surface area contributed by atoms with E-state index >= 15 is 0 Å². The Balaban J connectivity index is 1.25. The molecule has 2 aromatic rings. The minimum absolute atomic E-state index is 0.0236. The number of nitrogens with zero attached hydrogens (tertiary/aromatic N) is 2. The first kappa shape index (κ1) is 20.6. The fraction of sp³-hybridized carbons (Fsp3) is 0.586. The Morgan fingerprint density at radius 2 is 2.06 bits per heavy atom. The van der Waals surface area contributed by atoms with Crippen LogP contribution in [-0.4, -0.2) is 57.5 Å². The lowest BCUT2D eigenvalue weighted by atomic mass is 9.43. The van der Waals surface area contributed by atoms with Crippen molar-refractivity contribution in [2.75, 3.05) is 19.6 Å². The van der Waals surface area contributed by atoms with Crippen LogP contribution in [0.3, 0.4) is 0 Å². The third-order valence-electron chi connectivity index (χ3n) is 11.1. The van der Waals surface area contributed by atoms with Crippen LogP contribution in [0.5, 0.6) is 5.75 Å². The molecule has 6 heteroatoms. The van der Waals surface area contributed by atoms with Gasteiger partial charge in [0.25, 0.3) is 5.91 Å². The van der Waals surface area contributed by atoms with Gasteiger partial charge < -0.3 is 15.0 Å². The standard InChI is InChI=1S/C29H33N3O3/c33-20-4-3-18-11-25-28-7-5-23-26(29(28,22(18)12-20)8-10-31(25)15-17-1-2-17)19(13-28)16-32(23)27(35)21-14-30-9-6-24(21)34/h3-4,6,9,12,14,17,19,23,25-26,33H,1-2,5,7-8,10-11,13,15-16H2,(H,30,34)/t19-,23?,25?,26?,28?,29?/m1/s1. The fourth-order valence-corrected chi connectivity index (χ4v) is 9.92. The molecule has 1 amide bonds. The number of phenolic OH excluding ortho intramolecular Hbond substituents is 1. The van der Waals surface area contributed by atoms with Crippen LogP contribution in [-0.2, 0) is 11.8 Å². The van der Waals surface area contributed by atoms with Crippen LogP contribution in [0.4, 0.5) is 0 Å². The number of carbonyl (C=O) groups is 1. The van der Waals surface area contributed by atoms with E-state index in [0.717, 1.165) is 44.7 Å². The Morgan fingerprint density at radius 1 is 1.17 bits per heavy atom. The monoisotopic (exact) mass is 471 g/mol. The molecule has 5 unspecified atom stereocenters. The van der Waals surface area contributed by atoms with Crippen molar-refractivity contribution >= 4 is 5.91 Å². The normalized spacial score (nSPS) is 38.8. The van der Waals surface area contributed by atoms with Crippen molar-refractivity contribution in [2.45, 2.75) is 62.4 Å². The highest BCUT2D eigenvalue weighted by molar-refractivity contribution is 5.94. The summed E-state index contributed by atoms with van der Waals surface area (Å²) in [7, 11) is 0. The predicted molar refractivity (Wildman–Crippen MR) is 131 cm³/mol. The number of hydrogen-bond acceptors (Lipinski definition) is 4. The Morgan fingerprint density at radius 3 is 2.89 bits per heavy atom. The Labute approximate surface area is 205 Å². The summed E-state index contributed by atoms with van der Waals surface area (Å²) in [6, 6.07) is 8.32. The lowest BCUT2D eigenvalue weighted by Crippen LogP contribution is -2.70. The molecule has 8 rings (SSSR count). The molecule has 182 valence electrons. The summed E-state index contributed by atoms with van der Waals surface area (Å²) in [6.45, 7) is 3.13. The van der Waals surface area contributed by atoms with E-state index in [1.807, 2.05) is 6.07 Å². The average Bonchev–Trinajstić information content (AvgIpc) is 3.54. The molecule has 6 atom stereocenters. The van der Waals surface area contributed by atoms with E-state index in [1.54, 1.807) is 12.4 Å². The lowest BCUT2D eigenvalue weighted by molar-refractivity contribution is -0.102. The number of aromatic hydroxyl groups is 1. The number of likely N-dealkylation sites (tertiary alicyclic amines) is 2. The van der Waals surface area contributed by atoms with Crippen LogP contribution in [0.1, 0.15) is 60.0 Å². The molecular formula is C29H33N3O3. The molecule has 1 aromatic carbocycles. The zero-order chi connectivity index (χ0) is 23.5. The van der Waals surface area contributed by atoms with Gasteiger partial charge in [0.15, 0.2) is 5.43 Å². The van der Waals surface area contributed by atoms with Crippen LogP contribution in [0, 0.1) is 23.2 Å². The van der Waals surface area contributed by atoms with E-state index in [0.29, 0.717) is 23.6 Å². The summed E-state index contributed by atoms with van der Waals surface area (Å²) in [5, 5.41) is 10.6. The van der Waals surface area contributed by atoms with Gasteiger partial charge in [-0.15, -0.1) is 0 Å². The Kier molecular flexibility index (Phi) is 3.99.